The van der Waals surface area contributed by atoms with Crippen LogP contribution in [0.25, 0.3) is 163 Å². The summed E-state index contributed by atoms with van der Waals surface area (Å²) >= 11 is 0. The molecule has 0 N–H and O–H groups in total. The van der Waals surface area contributed by atoms with Gasteiger partial charge in [-0.05, 0) is 297 Å². The molecule has 0 heterocycles. The summed E-state index contributed by atoms with van der Waals surface area (Å²) in [7, 11) is 0. The van der Waals surface area contributed by atoms with Crippen molar-refractivity contribution in [2.24, 2.45) is 0 Å². The van der Waals surface area contributed by atoms with Crippen molar-refractivity contribution in [2.45, 2.75) is 40.0 Å². The van der Waals surface area contributed by atoms with E-state index in [9.17, 15) is 0 Å². The van der Waals surface area contributed by atoms with Crippen LogP contribution in [0.5, 0.6) is 0 Å². The molecule has 3 nitrogen and oxygen atoms in total. The van der Waals surface area contributed by atoms with Crippen LogP contribution in [0.1, 0.15) is 37.5 Å². The first-order valence-corrected chi connectivity index (χ1v) is 46.1. The topological polar surface area (TPSA) is 9.72 Å². The molecular formula is C130H97N3. The number of benzene rings is 24. The Morgan fingerprint density at radius 3 is 0.752 bits per heavy atom. The fourth-order valence-corrected chi connectivity index (χ4v) is 19.7. The molecule has 133 heavy (non-hydrogen) atoms. The highest BCUT2D eigenvalue weighted by Gasteiger charge is 2.23. The summed E-state index contributed by atoms with van der Waals surface area (Å²) in [4.78, 5) is 7.15. The minimum absolute atomic E-state index is 0.103. The van der Waals surface area contributed by atoms with Gasteiger partial charge < -0.3 is 14.7 Å². The lowest BCUT2D eigenvalue weighted by atomic mass is 9.87. The Morgan fingerprint density at radius 2 is 0.406 bits per heavy atom. The van der Waals surface area contributed by atoms with Gasteiger partial charge >= 0.3 is 0 Å². The van der Waals surface area contributed by atoms with Gasteiger partial charge in [0, 0.05) is 51.2 Å². The van der Waals surface area contributed by atoms with Crippen LogP contribution < -0.4 is 14.7 Å². The number of aryl methyl sites for hydroxylation is 2. The normalized spacial score (nSPS) is 11.5. The largest absolute Gasteiger partial charge is 0.310 e. The zero-order valence-corrected chi connectivity index (χ0v) is 75.2. The Hall–Kier alpha value is -16.7. The molecule has 0 bridgehead atoms. The van der Waals surface area contributed by atoms with Crippen molar-refractivity contribution in [3.05, 3.63) is 514 Å². The summed E-state index contributed by atoms with van der Waals surface area (Å²) in [5.74, 6) is 0. The predicted octanol–water partition coefficient (Wildman–Crippen LogP) is 37.3. The van der Waals surface area contributed by atoms with Crippen molar-refractivity contribution in [2.75, 3.05) is 14.7 Å². The monoisotopic (exact) mass is 1700 g/mol. The highest BCUT2D eigenvalue weighted by atomic mass is 15.2. The van der Waals surface area contributed by atoms with Crippen molar-refractivity contribution in [3.63, 3.8) is 0 Å². The van der Waals surface area contributed by atoms with Crippen LogP contribution >= 0.6 is 0 Å². The average Bonchev–Trinajstić information content (AvgIpc) is 0.796. The van der Waals surface area contributed by atoms with Crippen LogP contribution in [-0.2, 0) is 5.41 Å². The Kier molecular flexibility index (Phi) is 21.8. The Labute approximate surface area is 777 Å². The lowest BCUT2D eigenvalue weighted by Crippen LogP contribution is -2.13. The minimum atomic E-state index is 0.103. The van der Waals surface area contributed by atoms with Crippen molar-refractivity contribution in [3.8, 4) is 55.6 Å². The summed E-state index contributed by atoms with van der Waals surface area (Å²) in [5, 5.41) is 25.4. The third-order valence-electron chi connectivity index (χ3n) is 26.7. The van der Waals surface area contributed by atoms with E-state index in [2.05, 4.69) is 547 Å². The van der Waals surface area contributed by atoms with Gasteiger partial charge in [0.15, 0.2) is 0 Å². The van der Waals surface area contributed by atoms with Crippen molar-refractivity contribution in [1.29, 1.82) is 0 Å². The summed E-state index contributed by atoms with van der Waals surface area (Å²) in [6, 6.07) is 181. The number of rotatable bonds is 14. The molecule has 0 saturated heterocycles. The van der Waals surface area contributed by atoms with Crippen LogP contribution in [0.4, 0.5) is 51.2 Å². The Balaban J connectivity index is 0.000000117. The maximum Gasteiger partial charge on any atom is 0.0490 e. The molecule has 24 rings (SSSR count). The third-order valence-corrected chi connectivity index (χ3v) is 26.7. The van der Waals surface area contributed by atoms with E-state index in [1.165, 1.54) is 186 Å². The molecule has 0 aliphatic heterocycles. The molecule has 0 unspecified atom stereocenters. The molecule has 24 aromatic rings. The van der Waals surface area contributed by atoms with E-state index in [0.29, 0.717) is 0 Å². The van der Waals surface area contributed by atoms with Crippen molar-refractivity contribution in [1.82, 2.24) is 0 Å². The molecular weight excluding hydrogens is 1600 g/mol. The number of hydrogen-bond donors (Lipinski definition) is 0. The van der Waals surface area contributed by atoms with Gasteiger partial charge in [-0.25, -0.2) is 0 Å². The van der Waals surface area contributed by atoms with Gasteiger partial charge in [0.25, 0.3) is 0 Å². The van der Waals surface area contributed by atoms with Gasteiger partial charge in [0.05, 0.1) is 0 Å². The van der Waals surface area contributed by atoms with Crippen LogP contribution in [0.15, 0.2) is 497 Å². The number of nitrogens with zero attached hydrogens (tertiary/aromatic N) is 3. The first-order chi connectivity index (χ1) is 65.4. The second kappa shape index (κ2) is 35.4. The summed E-state index contributed by atoms with van der Waals surface area (Å²) in [5.41, 5.74) is 26.4. The van der Waals surface area contributed by atoms with Gasteiger partial charge in [0.1, 0.15) is 0 Å². The molecule has 0 spiro atoms. The Bertz CT molecular complexity index is 8430. The van der Waals surface area contributed by atoms with Crippen LogP contribution in [0.3, 0.4) is 0 Å². The molecule has 0 aliphatic rings. The Morgan fingerprint density at radius 1 is 0.158 bits per heavy atom. The molecule has 0 amide bonds. The molecule has 0 atom stereocenters. The lowest BCUT2D eigenvalue weighted by molar-refractivity contribution is 0.590. The first-order valence-electron chi connectivity index (χ1n) is 46.1. The third kappa shape index (κ3) is 16.3. The summed E-state index contributed by atoms with van der Waals surface area (Å²) in [6.45, 7) is 11.2. The lowest BCUT2D eigenvalue weighted by Gasteiger charge is -2.28. The quantitative estimate of drug-likeness (QED) is 0.100. The fraction of sp³-hybridized carbons (Fsp3) is 0.0462. The maximum atomic E-state index is 2.40. The number of anilines is 9. The molecule has 0 saturated carbocycles. The molecule has 0 fully saturated rings. The molecule has 0 aliphatic carbocycles. The van der Waals surface area contributed by atoms with E-state index >= 15 is 0 Å². The average molecular weight is 1700 g/mol. The maximum absolute atomic E-state index is 2.40. The molecule has 0 radical (unpaired) electrons. The van der Waals surface area contributed by atoms with Crippen molar-refractivity contribution < 1.29 is 0 Å². The van der Waals surface area contributed by atoms with Gasteiger partial charge in [0.2, 0.25) is 0 Å². The van der Waals surface area contributed by atoms with Crippen molar-refractivity contribution >= 4 is 159 Å². The zero-order valence-electron chi connectivity index (χ0n) is 75.2. The van der Waals surface area contributed by atoms with Gasteiger partial charge in [-0.1, -0.05) is 421 Å². The van der Waals surface area contributed by atoms with Gasteiger partial charge in [-0.2, -0.15) is 0 Å². The minimum Gasteiger partial charge on any atom is -0.310 e. The van der Waals surface area contributed by atoms with Crippen LogP contribution in [0.2, 0.25) is 0 Å². The van der Waals surface area contributed by atoms with E-state index < -0.39 is 0 Å². The van der Waals surface area contributed by atoms with Gasteiger partial charge in [-0.3, -0.25) is 0 Å². The smallest absolute Gasteiger partial charge is 0.0490 e. The summed E-state index contributed by atoms with van der Waals surface area (Å²) in [6.07, 6.45) is 0. The van der Waals surface area contributed by atoms with E-state index in [1.54, 1.807) is 0 Å². The SMILES string of the molecule is CC(C)(C)c1ccc(N(c2ccc(-c3ccccc3)cc2)c2ccc3ccc4c5ccccc5ccc4c3c2)cc1.Cc1ccc(N(c2ccc(-c3ccc(-c4ccccc4)cc3)cc2)c2ccc3ccc4c5ccccc5ccc4c3c2)c(C)c1.c1ccc(-c2ccc(N(c3ccc(-c4cccc5ccccc45)cc3)c3ccc4ccc5c6ccccc6ccc5c4c3)cc2)cc1. The van der Waals surface area contributed by atoms with E-state index in [4.69, 9.17) is 0 Å². The van der Waals surface area contributed by atoms with E-state index in [-0.39, 0.29) is 5.41 Å². The highest BCUT2D eigenvalue weighted by molar-refractivity contribution is 6.21. The first kappa shape index (κ1) is 82.0. The second-order valence-corrected chi connectivity index (χ2v) is 36.0. The molecule has 24 aromatic carbocycles. The molecule has 0 aromatic heterocycles. The standard InChI is InChI=1S/C46H31N.C44H33N.C40H33N/c1-2-9-32(10-3-1)33-17-24-38(25-18-33)47(39-26-19-36(20-27-39)42-16-8-13-34-11-4-6-14-41(34)42)40-28-21-37-23-29-44-43-15-7-5-12-35(43)22-30-45(44)46(37)31-40;1-30-12-27-44(31(2)28-30)45(38-22-17-35(18-23-38)34-15-13-33(14-16-34)32-8-4-3-5-9-32)39-24-19-37-21-25-41-40-11-7-6-10-36(40)20-26-42(41)43(37)29-39;1-40(2,3)32-18-23-34(24-19-32)41(33-20-13-29(14-21-33)28-9-5-4-6-10-28)35-22-15-31-17-25-37-36-12-8-7-11-30(36)16-26-38(37)39(31)27-35/h1-31H;3-29H,1-2H3;4-27H,1-3H3. The molecule has 3 heteroatoms. The van der Waals surface area contributed by atoms with E-state index in [0.717, 1.165) is 45.5 Å². The molecule has 632 valence electrons. The predicted molar refractivity (Wildman–Crippen MR) is 574 cm³/mol. The van der Waals surface area contributed by atoms with Gasteiger partial charge in [-0.15, -0.1) is 0 Å². The highest BCUT2D eigenvalue weighted by Crippen LogP contribution is 2.47. The number of hydrogen-bond acceptors (Lipinski definition) is 3. The fourth-order valence-electron chi connectivity index (χ4n) is 19.7. The zero-order chi connectivity index (χ0) is 89.5. The summed E-state index contributed by atoms with van der Waals surface area (Å²) < 4.78 is 0. The van der Waals surface area contributed by atoms with Crippen LogP contribution in [0, 0.1) is 13.8 Å². The van der Waals surface area contributed by atoms with Crippen LogP contribution in [-0.4, -0.2) is 0 Å². The number of fused-ring (bicyclic) bond motifs is 16. The second-order valence-electron chi connectivity index (χ2n) is 36.0. The van der Waals surface area contributed by atoms with E-state index in [1.807, 2.05) is 0 Å².